The molecule has 4 N–H and O–H groups in total. The number of nitrogens with two attached hydrogens (primary N) is 1. The first-order chi connectivity index (χ1) is 13.3. The van der Waals surface area contributed by atoms with Crippen LogP contribution < -0.4 is 15.8 Å². The maximum absolute atomic E-state index is 14.3. The van der Waals surface area contributed by atoms with Crippen molar-refractivity contribution in [3.63, 3.8) is 0 Å². The van der Waals surface area contributed by atoms with Crippen LogP contribution in [0.2, 0.25) is 0 Å². The number of aliphatic imine (C=N–C) groups is 1. The van der Waals surface area contributed by atoms with E-state index < -0.39 is 36.0 Å². The van der Waals surface area contributed by atoms with Gasteiger partial charge >= 0.3 is 6.09 Å². The van der Waals surface area contributed by atoms with E-state index in [1.807, 2.05) is 0 Å². The fourth-order valence-corrected chi connectivity index (χ4v) is 2.54. The molecule has 0 bridgehead atoms. The molecule has 0 saturated heterocycles. The highest BCUT2D eigenvalue weighted by Crippen LogP contribution is 2.37. The van der Waals surface area contributed by atoms with Gasteiger partial charge in [-0.15, -0.1) is 10.2 Å². The van der Waals surface area contributed by atoms with Gasteiger partial charge in [-0.1, -0.05) is 0 Å². The number of anilines is 1. The first-order valence-electron chi connectivity index (χ1n) is 7.82. The first-order valence-corrected chi connectivity index (χ1v) is 7.82. The van der Waals surface area contributed by atoms with E-state index >= 15 is 0 Å². The monoisotopic (exact) mass is 397 g/mol. The van der Waals surface area contributed by atoms with Gasteiger partial charge in [-0.2, -0.15) is 0 Å². The standard InChI is InChI=1S/C16H14F3N5O4/c17-10-2-1-8(21-15(26)28-13-4-3-12(25)23-24-13)5-9(10)16(14(18)19)7-27-6-11(20)22-16/h1-5,14H,6-7H2,(H2,20,22)(H,21,26)(H,23,25)/t16-/m0/s1. The van der Waals surface area contributed by atoms with Crippen LogP contribution in [-0.4, -0.2) is 46.9 Å². The van der Waals surface area contributed by atoms with Gasteiger partial charge in [0.2, 0.25) is 11.8 Å². The van der Waals surface area contributed by atoms with Gasteiger partial charge in [0.1, 0.15) is 18.3 Å². The van der Waals surface area contributed by atoms with Crippen molar-refractivity contribution in [1.29, 1.82) is 0 Å². The van der Waals surface area contributed by atoms with Crippen LogP contribution in [0.25, 0.3) is 0 Å². The molecule has 1 aromatic heterocycles. The van der Waals surface area contributed by atoms with Crippen molar-refractivity contribution >= 4 is 17.6 Å². The molecule has 12 heteroatoms. The summed E-state index contributed by atoms with van der Waals surface area (Å²) in [6, 6.07) is 5.37. The number of benzene rings is 1. The number of hydrogen-bond acceptors (Lipinski definition) is 8. The largest absolute Gasteiger partial charge is 0.492 e. The number of ether oxygens (including phenoxy) is 2. The van der Waals surface area contributed by atoms with Gasteiger partial charge in [0.05, 0.1) is 6.61 Å². The number of aromatic hydroxyl groups is 1. The smallest absolute Gasteiger partial charge is 0.418 e. The molecule has 2 heterocycles. The Kier molecular flexibility index (Phi) is 5.31. The molecule has 0 radical (unpaired) electrons. The Morgan fingerprint density at radius 2 is 2.11 bits per heavy atom. The lowest BCUT2D eigenvalue weighted by molar-refractivity contribution is -0.0145. The predicted octanol–water partition coefficient (Wildman–Crippen LogP) is 1.78. The van der Waals surface area contributed by atoms with Gasteiger partial charge in [0.25, 0.3) is 6.43 Å². The number of rotatable bonds is 4. The van der Waals surface area contributed by atoms with Crippen LogP contribution in [-0.2, 0) is 10.3 Å². The summed E-state index contributed by atoms with van der Waals surface area (Å²) in [5, 5.41) is 18.0. The molecule has 3 rings (SSSR count). The summed E-state index contributed by atoms with van der Waals surface area (Å²) in [5.74, 6) is -1.76. The molecule has 0 spiro atoms. The molecule has 9 nitrogen and oxygen atoms in total. The third-order valence-corrected chi connectivity index (χ3v) is 3.78. The van der Waals surface area contributed by atoms with Crippen LogP contribution >= 0.6 is 0 Å². The predicted molar refractivity (Wildman–Crippen MR) is 89.9 cm³/mol. The van der Waals surface area contributed by atoms with Crippen LogP contribution in [0.1, 0.15) is 5.56 Å². The second kappa shape index (κ2) is 7.68. The Morgan fingerprint density at radius 1 is 1.32 bits per heavy atom. The number of aromatic nitrogens is 2. The molecule has 0 fully saturated rings. The normalized spacial score (nSPS) is 19.2. The van der Waals surface area contributed by atoms with Crippen molar-refractivity contribution < 1.29 is 32.5 Å². The van der Waals surface area contributed by atoms with Crippen molar-refractivity contribution in [2.75, 3.05) is 18.5 Å². The van der Waals surface area contributed by atoms with E-state index in [4.69, 9.17) is 20.3 Å². The van der Waals surface area contributed by atoms with E-state index in [0.717, 1.165) is 24.3 Å². The van der Waals surface area contributed by atoms with Crippen molar-refractivity contribution in [2.24, 2.45) is 10.7 Å². The summed E-state index contributed by atoms with van der Waals surface area (Å²) in [6.45, 7) is -0.729. The maximum Gasteiger partial charge on any atom is 0.418 e. The molecule has 28 heavy (non-hydrogen) atoms. The zero-order valence-corrected chi connectivity index (χ0v) is 14.1. The summed E-state index contributed by atoms with van der Waals surface area (Å²) >= 11 is 0. The molecule has 2 aromatic rings. The highest BCUT2D eigenvalue weighted by Gasteiger charge is 2.46. The second-order valence-corrected chi connectivity index (χ2v) is 5.76. The van der Waals surface area contributed by atoms with Crippen molar-refractivity contribution in [3.05, 3.63) is 41.7 Å². The lowest BCUT2D eigenvalue weighted by Gasteiger charge is -2.33. The number of amides is 1. The fourth-order valence-electron chi connectivity index (χ4n) is 2.54. The van der Waals surface area contributed by atoms with E-state index in [2.05, 4.69) is 20.5 Å². The van der Waals surface area contributed by atoms with Crippen molar-refractivity contribution in [2.45, 2.75) is 12.0 Å². The Hall–Kier alpha value is -3.41. The maximum atomic E-state index is 14.3. The van der Waals surface area contributed by atoms with Crippen LogP contribution in [0.3, 0.4) is 0 Å². The van der Waals surface area contributed by atoms with Gasteiger partial charge in [0.15, 0.2) is 5.54 Å². The molecule has 1 atom stereocenters. The lowest BCUT2D eigenvalue weighted by atomic mass is 9.90. The molecule has 148 valence electrons. The average Bonchev–Trinajstić information content (AvgIpc) is 2.65. The Balaban J connectivity index is 1.85. The lowest BCUT2D eigenvalue weighted by Crippen LogP contribution is -2.45. The van der Waals surface area contributed by atoms with Crippen LogP contribution in [0, 0.1) is 5.82 Å². The topological polar surface area (TPSA) is 132 Å². The number of nitrogens with zero attached hydrogens (tertiary/aromatic N) is 3. The summed E-state index contributed by atoms with van der Waals surface area (Å²) in [7, 11) is 0. The van der Waals surface area contributed by atoms with Gasteiger partial charge in [-0.25, -0.2) is 18.0 Å². The van der Waals surface area contributed by atoms with E-state index in [-0.39, 0.29) is 29.9 Å². The van der Waals surface area contributed by atoms with Crippen LogP contribution in [0.4, 0.5) is 23.7 Å². The zero-order valence-electron chi connectivity index (χ0n) is 14.1. The van der Waals surface area contributed by atoms with E-state index in [1.165, 1.54) is 6.07 Å². The third kappa shape index (κ3) is 3.96. The van der Waals surface area contributed by atoms with Gasteiger partial charge in [-0.05, 0) is 18.2 Å². The minimum absolute atomic E-state index is 0.0347. The van der Waals surface area contributed by atoms with Gasteiger partial charge in [-0.3, -0.25) is 10.3 Å². The van der Waals surface area contributed by atoms with Gasteiger partial charge < -0.3 is 20.3 Å². The fraction of sp³-hybridized carbons (Fsp3) is 0.250. The molecule has 1 amide bonds. The van der Waals surface area contributed by atoms with Gasteiger partial charge in [0, 0.05) is 23.4 Å². The number of hydrogen-bond donors (Lipinski definition) is 3. The zero-order chi connectivity index (χ0) is 20.3. The summed E-state index contributed by atoms with van der Waals surface area (Å²) in [4.78, 5) is 15.7. The molecular formula is C16H14F3N5O4. The molecule has 1 aromatic carbocycles. The summed E-state index contributed by atoms with van der Waals surface area (Å²) in [5.41, 5.74) is 2.63. The number of carbonyl (C=O) groups is 1. The van der Waals surface area contributed by atoms with E-state index in [1.54, 1.807) is 0 Å². The Morgan fingerprint density at radius 3 is 2.75 bits per heavy atom. The number of carbonyl (C=O) groups excluding carboxylic acids is 1. The quantitative estimate of drug-likeness (QED) is 0.716. The Labute approximate surface area is 156 Å². The summed E-state index contributed by atoms with van der Waals surface area (Å²) in [6.07, 6.45) is -4.15. The average molecular weight is 397 g/mol. The number of amidine groups is 1. The highest BCUT2D eigenvalue weighted by atomic mass is 19.3. The van der Waals surface area contributed by atoms with E-state index in [9.17, 15) is 18.0 Å². The highest BCUT2D eigenvalue weighted by molar-refractivity contribution is 5.86. The van der Waals surface area contributed by atoms with Crippen LogP contribution in [0.15, 0.2) is 35.3 Å². The minimum Gasteiger partial charge on any atom is -0.492 e. The second-order valence-electron chi connectivity index (χ2n) is 5.76. The molecular weight excluding hydrogens is 383 g/mol. The molecule has 0 aliphatic carbocycles. The first kappa shape index (κ1) is 19.4. The molecule has 0 unspecified atom stereocenters. The molecule has 1 aliphatic rings. The summed E-state index contributed by atoms with van der Waals surface area (Å²) < 4.78 is 51.7. The third-order valence-electron chi connectivity index (χ3n) is 3.78. The van der Waals surface area contributed by atoms with Crippen LogP contribution in [0.5, 0.6) is 11.8 Å². The number of nitrogens with one attached hydrogen (secondary N) is 1. The Bertz CT molecular complexity index is 910. The van der Waals surface area contributed by atoms with Crippen molar-refractivity contribution in [1.82, 2.24) is 10.2 Å². The SMILES string of the molecule is NC1=N[C@@](c2cc(NC(=O)Oc3ccc(O)nn3)ccc2F)(C(F)F)COC1. The minimum atomic E-state index is -3.12. The number of alkyl halides is 2. The van der Waals surface area contributed by atoms with Crippen molar-refractivity contribution in [3.8, 4) is 11.8 Å². The molecule has 1 aliphatic heterocycles. The molecule has 0 saturated carbocycles. The number of halogens is 3. The van der Waals surface area contributed by atoms with E-state index in [0.29, 0.717) is 0 Å².